The Labute approximate surface area is 131 Å². The predicted octanol–water partition coefficient (Wildman–Crippen LogP) is 2.98. The number of carbonyl (C=O) groups is 2. The highest BCUT2D eigenvalue weighted by Crippen LogP contribution is 2.24. The molecule has 1 aromatic carbocycles. The van der Waals surface area contributed by atoms with E-state index in [2.05, 4.69) is 5.32 Å². The van der Waals surface area contributed by atoms with Crippen LogP contribution in [0.2, 0.25) is 0 Å². The number of ether oxygens (including phenoxy) is 1. The van der Waals surface area contributed by atoms with Gasteiger partial charge in [-0.2, -0.15) is 11.8 Å². The van der Waals surface area contributed by atoms with Gasteiger partial charge in [-0.15, -0.1) is 0 Å². The molecule has 0 radical (unpaired) electrons. The summed E-state index contributed by atoms with van der Waals surface area (Å²) < 4.78 is 31.4. The molecule has 1 aliphatic rings. The summed E-state index contributed by atoms with van der Waals surface area (Å²) in [5.74, 6) is -1.03. The Morgan fingerprint density at radius 2 is 2.00 bits per heavy atom. The standard InChI is InChI=1S/C15H17F2NO3S/c1-9(21-15(20)10-4-6-22-7-5-10)14(19)18-13-3-2-11(16)8-12(13)17/h2-3,8-10H,4-7H2,1H3,(H,18,19). The van der Waals surface area contributed by atoms with Gasteiger partial charge in [0.1, 0.15) is 11.6 Å². The van der Waals surface area contributed by atoms with Gasteiger partial charge >= 0.3 is 5.97 Å². The monoisotopic (exact) mass is 329 g/mol. The van der Waals surface area contributed by atoms with Gasteiger partial charge in [0, 0.05) is 6.07 Å². The quantitative estimate of drug-likeness (QED) is 0.863. The van der Waals surface area contributed by atoms with E-state index in [1.165, 1.54) is 6.92 Å². The number of hydrogen-bond donors (Lipinski definition) is 1. The maximum atomic E-state index is 13.5. The molecule has 2 rings (SSSR count). The van der Waals surface area contributed by atoms with Gasteiger partial charge in [-0.05, 0) is 43.4 Å². The van der Waals surface area contributed by atoms with Crippen molar-refractivity contribution in [3.63, 3.8) is 0 Å². The van der Waals surface area contributed by atoms with Crippen molar-refractivity contribution in [1.29, 1.82) is 0 Å². The van der Waals surface area contributed by atoms with Crippen LogP contribution in [0.4, 0.5) is 14.5 Å². The highest BCUT2D eigenvalue weighted by molar-refractivity contribution is 7.99. The minimum atomic E-state index is -1.04. The molecule has 22 heavy (non-hydrogen) atoms. The van der Waals surface area contributed by atoms with Crippen LogP contribution >= 0.6 is 11.8 Å². The maximum Gasteiger partial charge on any atom is 0.309 e. The highest BCUT2D eigenvalue weighted by Gasteiger charge is 2.26. The Hall–Kier alpha value is -1.63. The third-order valence-corrected chi connectivity index (χ3v) is 4.45. The number of esters is 1. The van der Waals surface area contributed by atoms with Gasteiger partial charge in [-0.1, -0.05) is 0 Å². The summed E-state index contributed by atoms with van der Waals surface area (Å²) in [5, 5.41) is 2.28. The number of amides is 1. The Kier molecular flexibility index (Phi) is 5.76. The number of hydrogen-bond acceptors (Lipinski definition) is 4. The van der Waals surface area contributed by atoms with Gasteiger partial charge < -0.3 is 10.1 Å². The molecule has 0 aliphatic carbocycles. The second-order valence-corrected chi connectivity index (χ2v) is 6.30. The molecular formula is C15H17F2NO3S. The normalized spacial score (nSPS) is 16.9. The van der Waals surface area contributed by atoms with Crippen LogP contribution in [0.15, 0.2) is 18.2 Å². The summed E-state index contributed by atoms with van der Waals surface area (Å²) in [5.41, 5.74) is -0.150. The van der Waals surface area contributed by atoms with Crippen LogP contribution in [-0.2, 0) is 14.3 Å². The number of nitrogens with one attached hydrogen (secondary N) is 1. The summed E-state index contributed by atoms with van der Waals surface area (Å²) in [6, 6.07) is 2.83. The molecule has 4 nitrogen and oxygen atoms in total. The lowest BCUT2D eigenvalue weighted by molar-refractivity contribution is -0.157. The molecule has 1 atom stereocenters. The minimum absolute atomic E-state index is 0.150. The molecule has 1 N–H and O–H groups in total. The third kappa shape index (κ3) is 4.43. The van der Waals surface area contributed by atoms with Gasteiger partial charge in [0.15, 0.2) is 6.10 Å². The molecule has 1 aromatic rings. The average Bonchev–Trinajstić information content (AvgIpc) is 2.50. The van der Waals surface area contributed by atoms with E-state index in [9.17, 15) is 18.4 Å². The Balaban J connectivity index is 1.89. The van der Waals surface area contributed by atoms with Gasteiger partial charge in [0.05, 0.1) is 11.6 Å². The zero-order valence-electron chi connectivity index (χ0n) is 12.1. The maximum absolute atomic E-state index is 13.5. The topological polar surface area (TPSA) is 55.4 Å². The number of anilines is 1. The minimum Gasteiger partial charge on any atom is -0.452 e. The molecule has 1 aliphatic heterocycles. The van der Waals surface area contributed by atoms with Crippen LogP contribution in [0.25, 0.3) is 0 Å². The lowest BCUT2D eigenvalue weighted by Crippen LogP contribution is -2.33. The van der Waals surface area contributed by atoms with E-state index >= 15 is 0 Å². The van der Waals surface area contributed by atoms with Crippen molar-refractivity contribution in [3.8, 4) is 0 Å². The SMILES string of the molecule is CC(OC(=O)C1CCSCC1)C(=O)Nc1ccc(F)cc1F. The largest absolute Gasteiger partial charge is 0.452 e. The van der Waals surface area contributed by atoms with Crippen molar-refractivity contribution in [2.24, 2.45) is 5.92 Å². The Bertz CT molecular complexity index is 562. The summed E-state index contributed by atoms with van der Waals surface area (Å²) in [7, 11) is 0. The lowest BCUT2D eigenvalue weighted by atomic mass is 10.0. The fourth-order valence-electron chi connectivity index (χ4n) is 2.08. The molecule has 1 unspecified atom stereocenters. The van der Waals surface area contributed by atoms with Crippen molar-refractivity contribution in [3.05, 3.63) is 29.8 Å². The number of benzene rings is 1. The molecule has 7 heteroatoms. The smallest absolute Gasteiger partial charge is 0.309 e. The first-order valence-corrected chi connectivity index (χ1v) is 8.17. The highest BCUT2D eigenvalue weighted by atomic mass is 32.2. The van der Waals surface area contributed by atoms with Gasteiger partial charge in [0.25, 0.3) is 5.91 Å². The van der Waals surface area contributed by atoms with Crippen molar-refractivity contribution in [2.75, 3.05) is 16.8 Å². The zero-order chi connectivity index (χ0) is 16.1. The molecule has 1 amide bonds. The van der Waals surface area contributed by atoms with Gasteiger partial charge in [-0.25, -0.2) is 8.78 Å². The van der Waals surface area contributed by atoms with Crippen molar-refractivity contribution in [1.82, 2.24) is 0 Å². The first-order chi connectivity index (χ1) is 10.5. The number of rotatable bonds is 4. The number of thioether (sulfide) groups is 1. The van der Waals surface area contributed by atoms with Gasteiger partial charge in [0.2, 0.25) is 0 Å². The van der Waals surface area contributed by atoms with Crippen LogP contribution in [0.1, 0.15) is 19.8 Å². The molecule has 1 fully saturated rings. The lowest BCUT2D eigenvalue weighted by Gasteiger charge is -2.22. The Morgan fingerprint density at radius 3 is 2.64 bits per heavy atom. The van der Waals surface area contributed by atoms with Crippen LogP contribution in [-0.4, -0.2) is 29.5 Å². The van der Waals surface area contributed by atoms with Crippen LogP contribution < -0.4 is 5.32 Å². The molecule has 0 bridgehead atoms. The summed E-state index contributed by atoms with van der Waals surface area (Å²) in [4.78, 5) is 23.9. The summed E-state index contributed by atoms with van der Waals surface area (Å²) in [6.07, 6.45) is 0.445. The van der Waals surface area contributed by atoms with Gasteiger partial charge in [-0.3, -0.25) is 9.59 Å². The van der Waals surface area contributed by atoms with E-state index in [0.29, 0.717) is 6.07 Å². The fraction of sp³-hybridized carbons (Fsp3) is 0.467. The van der Waals surface area contributed by atoms with E-state index < -0.39 is 29.6 Å². The first-order valence-electron chi connectivity index (χ1n) is 7.01. The first kappa shape index (κ1) is 16.7. The average molecular weight is 329 g/mol. The number of halogens is 2. The summed E-state index contributed by atoms with van der Waals surface area (Å²) in [6.45, 7) is 1.42. The second kappa shape index (κ2) is 7.58. The van der Waals surface area contributed by atoms with Crippen LogP contribution in [0.5, 0.6) is 0 Å². The van der Waals surface area contributed by atoms with E-state index in [0.717, 1.165) is 36.5 Å². The molecule has 0 aromatic heterocycles. The molecule has 120 valence electrons. The van der Waals surface area contributed by atoms with E-state index in [4.69, 9.17) is 4.74 Å². The van der Waals surface area contributed by atoms with E-state index in [1.54, 1.807) is 11.8 Å². The molecule has 0 saturated carbocycles. The van der Waals surface area contributed by atoms with Crippen molar-refractivity contribution in [2.45, 2.75) is 25.9 Å². The third-order valence-electron chi connectivity index (χ3n) is 3.41. The van der Waals surface area contributed by atoms with Crippen molar-refractivity contribution < 1.29 is 23.1 Å². The summed E-state index contributed by atoms with van der Waals surface area (Å²) >= 11 is 1.79. The second-order valence-electron chi connectivity index (χ2n) is 5.08. The zero-order valence-corrected chi connectivity index (χ0v) is 12.9. The molecule has 0 spiro atoms. The van der Waals surface area contributed by atoms with E-state index in [-0.39, 0.29) is 11.6 Å². The van der Waals surface area contributed by atoms with E-state index in [1.807, 2.05) is 0 Å². The Morgan fingerprint density at radius 1 is 1.32 bits per heavy atom. The van der Waals surface area contributed by atoms with Crippen molar-refractivity contribution >= 4 is 29.3 Å². The molecule has 1 saturated heterocycles. The van der Waals surface area contributed by atoms with Crippen LogP contribution in [0.3, 0.4) is 0 Å². The number of carbonyl (C=O) groups excluding carboxylic acids is 2. The molecular weight excluding hydrogens is 312 g/mol. The predicted molar refractivity (Wildman–Crippen MR) is 80.6 cm³/mol. The molecule has 1 heterocycles. The van der Waals surface area contributed by atoms with Crippen LogP contribution in [0, 0.1) is 17.6 Å². The fourth-order valence-corrected chi connectivity index (χ4v) is 3.19.